The van der Waals surface area contributed by atoms with E-state index >= 15 is 0 Å². The number of hydrogen-bond donors (Lipinski definition) is 3. The minimum absolute atomic E-state index is 0.0649. The molecule has 0 aromatic heterocycles. The number of ether oxygens (including phenoxy) is 1. The molecule has 2 atom stereocenters. The third-order valence-corrected chi connectivity index (χ3v) is 2.90. The van der Waals surface area contributed by atoms with Crippen molar-refractivity contribution in [3.05, 3.63) is 35.9 Å². The third-order valence-electron chi connectivity index (χ3n) is 2.90. The number of amides is 2. The molecule has 0 spiro atoms. The van der Waals surface area contributed by atoms with Gasteiger partial charge in [0.15, 0.2) is 0 Å². The van der Waals surface area contributed by atoms with Gasteiger partial charge in [0.2, 0.25) is 11.8 Å². The molecule has 5 N–H and O–H groups in total. The Morgan fingerprint density at radius 3 is 2.42 bits per heavy atom. The molecule has 0 aliphatic heterocycles. The smallest absolute Gasteiger partial charge is 0.247 e. The van der Waals surface area contributed by atoms with E-state index in [4.69, 9.17) is 16.2 Å². The van der Waals surface area contributed by atoms with Crippen LogP contribution in [0.2, 0.25) is 0 Å². The zero-order chi connectivity index (χ0) is 14.5. The van der Waals surface area contributed by atoms with Crippen molar-refractivity contribution in [3.8, 4) is 0 Å². The van der Waals surface area contributed by atoms with Gasteiger partial charge in [-0.1, -0.05) is 30.3 Å². The van der Waals surface area contributed by atoms with E-state index in [0.29, 0.717) is 5.56 Å². The van der Waals surface area contributed by atoms with E-state index in [0.717, 1.165) is 0 Å². The summed E-state index contributed by atoms with van der Waals surface area (Å²) in [6.45, 7) is 1.61. The molecule has 0 bridgehead atoms. The number of primary amides is 1. The lowest BCUT2D eigenvalue weighted by Gasteiger charge is -2.29. The maximum absolute atomic E-state index is 11.9. The minimum atomic E-state index is -1.30. The van der Waals surface area contributed by atoms with E-state index in [-0.39, 0.29) is 6.61 Å². The molecule has 1 aromatic carbocycles. The lowest BCUT2D eigenvalue weighted by Crippen LogP contribution is -2.57. The number of rotatable bonds is 6. The van der Waals surface area contributed by atoms with Crippen LogP contribution in [0.3, 0.4) is 0 Å². The summed E-state index contributed by atoms with van der Waals surface area (Å²) in [5.41, 5.74) is 10.3. The lowest BCUT2D eigenvalue weighted by atomic mass is 9.91. The molecule has 1 aromatic rings. The maximum atomic E-state index is 11.9. The van der Waals surface area contributed by atoms with E-state index in [1.807, 2.05) is 6.07 Å². The summed E-state index contributed by atoms with van der Waals surface area (Å²) < 4.78 is 4.80. The topological polar surface area (TPSA) is 107 Å². The fourth-order valence-corrected chi connectivity index (χ4v) is 1.64. The van der Waals surface area contributed by atoms with Gasteiger partial charge in [-0.2, -0.15) is 0 Å². The molecular weight excluding hydrogens is 246 g/mol. The van der Waals surface area contributed by atoms with Crippen LogP contribution in [0, 0.1) is 0 Å². The van der Waals surface area contributed by atoms with Crippen LogP contribution < -0.4 is 16.8 Å². The molecule has 0 radical (unpaired) electrons. The summed E-state index contributed by atoms with van der Waals surface area (Å²) in [6.07, 6.45) is 0. The molecule has 0 aliphatic rings. The SMILES string of the molecule is COCC(N)C(=O)NC(C)(C(N)=O)c1ccccc1. The van der Waals surface area contributed by atoms with Crippen molar-refractivity contribution >= 4 is 11.8 Å². The standard InChI is InChI=1S/C13H19N3O3/c1-13(12(15)18,9-6-4-3-5-7-9)16-11(17)10(14)8-19-2/h3-7,10H,8,14H2,1-2H3,(H2,15,18)(H,16,17). The maximum Gasteiger partial charge on any atom is 0.247 e. The molecule has 6 nitrogen and oxygen atoms in total. The van der Waals surface area contributed by atoms with Crippen molar-refractivity contribution in [2.75, 3.05) is 13.7 Å². The molecular formula is C13H19N3O3. The Labute approximate surface area is 112 Å². The highest BCUT2D eigenvalue weighted by Gasteiger charge is 2.35. The van der Waals surface area contributed by atoms with Crippen LogP contribution >= 0.6 is 0 Å². The molecule has 0 heterocycles. The zero-order valence-corrected chi connectivity index (χ0v) is 11.1. The average Bonchev–Trinajstić information content (AvgIpc) is 2.39. The summed E-state index contributed by atoms with van der Waals surface area (Å²) in [5, 5.41) is 2.58. The molecule has 19 heavy (non-hydrogen) atoms. The Morgan fingerprint density at radius 2 is 1.95 bits per heavy atom. The van der Waals surface area contributed by atoms with E-state index in [2.05, 4.69) is 5.32 Å². The Bertz CT molecular complexity index is 450. The Kier molecular flexibility index (Phi) is 5.02. The highest BCUT2D eigenvalue weighted by Crippen LogP contribution is 2.20. The van der Waals surface area contributed by atoms with Gasteiger partial charge in [-0.05, 0) is 12.5 Å². The number of methoxy groups -OCH3 is 1. The minimum Gasteiger partial charge on any atom is -0.383 e. The molecule has 1 rings (SSSR count). The predicted molar refractivity (Wildman–Crippen MR) is 71.0 cm³/mol. The lowest BCUT2D eigenvalue weighted by molar-refractivity contribution is -0.132. The molecule has 104 valence electrons. The van der Waals surface area contributed by atoms with E-state index in [1.165, 1.54) is 7.11 Å². The third kappa shape index (κ3) is 3.52. The van der Waals surface area contributed by atoms with Crippen molar-refractivity contribution in [1.82, 2.24) is 5.32 Å². The van der Waals surface area contributed by atoms with Crippen LogP contribution in [-0.2, 0) is 19.9 Å². The van der Waals surface area contributed by atoms with Crippen LogP contribution in [-0.4, -0.2) is 31.6 Å². The fraction of sp³-hybridized carbons (Fsp3) is 0.385. The first-order valence-electron chi connectivity index (χ1n) is 5.83. The summed E-state index contributed by atoms with van der Waals surface area (Å²) >= 11 is 0. The Morgan fingerprint density at radius 1 is 1.37 bits per heavy atom. The molecule has 0 saturated heterocycles. The molecule has 0 saturated carbocycles. The number of nitrogens with two attached hydrogens (primary N) is 2. The number of carbonyl (C=O) groups excluding carboxylic acids is 2. The van der Waals surface area contributed by atoms with Gasteiger partial charge in [0.05, 0.1) is 6.61 Å². The highest BCUT2D eigenvalue weighted by molar-refractivity contribution is 5.92. The Balaban J connectivity index is 2.96. The first-order valence-corrected chi connectivity index (χ1v) is 5.83. The second kappa shape index (κ2) is 6.31. The van der Waals surface area contributed by atoms with Gasteiger partial charge in [0.1, 0.15) is 11.6 Å². The van der Waals surface area contributed by atoms with Gasteiger partial charge in [-0.25, -0.2) is 0 Å². The van der Waals surface area contributed by atoms with Gasteiger partial charge in [-0.3, -0.25) is 9.59 Å². The summed E-state index contributed by atoms with van der Waals surface area (Å²) in [6, 6.07) is 7.91. The van der Waals surface area contributed by atoms with Crippen LogP contribution in [0.1, 0.15) is 12.5 Å². The van der Waals surface area contributed by atoms with Crippen molar-refractivity contribution in [2.45, 2.75) is 18.5 Å². The Hall–Kier alpha value is -1.92. The largest absolute Gasteiger partial charge is 0.383 e. The second-order valence-electron chi connectivity index (χ2n) is 4.41. The highest BCUT2D eigenvalue weighted by atomic mass is 16.5. The predicted octanol–water partition coefficient (Wildman–Crippen LogP) is -0.523. The van der Waals surface area contributed by atoms with E-state index < -0.39 is 23.4 Å². The number of hydrogen-bond acceptors (Lipinski definition) is 4. The first kappa shape index (κ1) is 15.1. The van der Waals surface area contributed by atoms with Crippen molar-refractivity contribution in [2.24, 2.45) is 11.5 Å². The van der Waals surface area contributed by atoms with Crippen LogP contribution in [0.25, 0.3) is 0 Å². The van der Waals surface area contributed by atoms with Crippen LogP contribution in [0.15, 0.2) is 30.3 Å². The van der Waals surface area contributed by atoms with E-state index in [9.17, 15) is 9.59 Å². The molecule has 0 aliphatic carbocycles. The van der Waals surface area contributed by atoms with Gasteiger partial charge < -0.3 is 21.5 Å². The molecule has 6 heteroatoms. The van der Waals surface area contributed by atoms with Gasteiger partial charge in [0.25, 0.3) is 0 Å². The van der Waals surface area contributed by atoms with Gasteiger partial charge >= 0.3 is 0 Å². The zero-order valence-electron chi connectivity index (χ0n) is 11.1. The molecule has 2 amide bonds. The van der Waals surface area contributed by atoms with Crippen molar-refractivity contribution in [3.63, 3.8) is 0 Å². The van der Waals surface area contributed by atoms with Crippen molar-refractivity contribution in [1.29, 1.82) is 0 Å². The second-order valence-corrected chi connectivity index (χ2v) is 4.41. The summed E-state index contributed by atoms with van der Waals surface area (Å²) in [7, 11) is 1.44. The molecule has 0 fully saturated rings. The van der Waals surface area contributed by atoms with Gasteiger partial charge in [0, 0.05) is 7.11 Å². The number of benzene rings is 1. The van der Waals surface area contributed by atoms with E-state index in [1.54, 1.807) is 31.2 Å². The van der Waals surface area contributed by atoms with Crippen molar-refractivity contribution < 1.29 is 14.3 Å². The summed E-state index contributed by atoms with van der Waals surface area (Å²) in [4.78, 5) is 23.6. The monoisotopic (exact) mass is 265 g/mol. The quantitative estimate of drug-likeness (QED) is 0.643. The number of carbonyl (C=O) groups is 2. The summed E-state index contributed by atoms with van der Waals surface area (Å²) in [5.74, 6) is -1.15. The van der Waals surface area contributed by atoms with Crippen LogP contribution in [0.5, 0.6) is 0 Å². The molecule has 2 unspecified atom stereocenters. The normalized spacial score (nSPS) is 15.3. The van der Waals surface area contributed by atoms with Crippen LogP contribution in [0.4, 0.5) is 0 Å². The number of nitrogens with one attached hydrogen (secondary N) is 1. The average molecular weight is 265 g/mol. The first-order chi connectivity index (χ1) is 8.91. The van der Waals surface area contributed by atoms with Gasteiger partial charge in [-0.15, -0.1) is 0 Å². The fourth-order valence-electron chi connectivity index (χ4n) is 1.64.